The third-order valence-corrected chi connectivity index (χ3v) is 5.16. The van der Waals surface area contributed by atoms with Gasteiger partial charge in [-0.05, 0) is 50.7 Å². The van der Waals surface area contributed by atoms with E-state index in [9.17, 15) is 4.79 Å². The number of nitrogens with one attached hydrogen (secondary N) is 2. The second kappa shape index (κ2) is 9.01. The zero-order valence-electron chi connectivity index (χ0n) is 16.3. The number of likely N-dealkylation sites (N-methyl/N-ethyl adjacent to an activating group) is 1. The molecular formula is C20H29N5O2. The summed E-state index contributed by atoms with van der Waals surface area (Å²) in [5.74, 6) is 0.804. The molecule has 2 N–H and O–H groups in total. The highest BCUT2D eigenvalue weighted by Crippen LogP contribution is 2.26. The molecule has 1 aliphatic rings. The first-order valence-electron chi connectivity index (χ1n) is 9.44. The lowest BCUT2D eigenvalue weighted by Gasteiger charge is -2.29. The number of ether oxygens (including phenoxy) is 1. The Hall–Kier alpha value is -2.38. The fourth-order valence-electron chi connectivity index (χ4n) is 3.67. The molecule has 1 aromatic carbocycles. The van der Waals surface area contributed by atoms with E-state index < -0.39 is 6.04 Å². The van der Waals surface area contributed by atoms with Gasteiger partial charge in [-0.15, -0.1) is 0 Å². The molecule has 1 fully saturated rings. The van der Waals surface area contributed by atoms with E-state index in [-0.39, 0.29) is 11.9 Å². The molecule has 2 unspecified atom stereocenters. The Morgan fingerprint density at radius 2 is 1.93 bits per heavy atom. The van der Waals surface area contributed by atoms with Crippen LogP contribution in [0.2, 0.25) is 0 Å². The van der Waals surface area contributed by atoms with Crippen molar-refractivity contribution in [2.24, 2.45) is 7.05 Å². The molecule has 3 rings (SSSR count). The number of rotatable bonds is 8. The van der Waals surface area contributed by atoms with E-state index in [0.29, 0.717) is 6.54 Å². The lowest BCUT2D eigenvalue weighted by atomic mass is 10.0. The summed E-state index contributed by atoms with van der Waals surface area (Å²) in [5.41, 5.74) is 2.06. The average Bonchev–Trinajstić information content (AvgIpc) is 3.35. The minimum absolute atomic E-state index is 0.0387. The predicted octanol–water partition coefficient (Wildman–Crippen LogP) is 1.64. The number of aromatic nitrogens is 2. The molecule has 0 saturated carbocycles. The summed E-state index contributed by atoms with van der Waals surface area (Å²) in [5, 5.41) is 10.4. The second-order valence-electron chi connectivity index (χ2n) is 6.95. The van der Waals surface area contributed by atoms with Crippen molar-refractivity contribution in [1.29, 1.82) is 0 Å². The molecule has 0 radical (unpaired) electrons. The molecule has 1 aliphatic heterocycles. The number of benzene rings is 1. The maximum atomic E-state index is 12.8. The molecule has 146 valence electrons. The largest absolute Gasteiger partial charge is 0.497 e. The smallest absolute Gasteiger partial charge is 0.241 e. The number of carbonyl (C=O) groups is 1. The molecule has 7 nitrogen and oxygen atoms in total. The number of aryl methyl sites for hydroxylation is 1. The van der Waals surface area contributed by atoms with Crippen LogP contribution in [0.5, 0.6) is 5.75 Å². The van der Waals surface area contributed by atoms with Gasteiger partial charge in [-0.2, -0.15) is 5.10 Å². The third kappa shape index (κ3) is 4.67. The predicted molar refractivity (Wildman–Crippen MR) is 105 cm³/mol. The number of carbonyl (C=O) groups excluding carboxylic acids is 1. The monoisotopic (exact) mass is 371 g/mol. The van der Waals surface area contributed by atoms with E-state index in [0.717, 1.165) is 24.4 Å². The fraction of sp³-hybridized carbons (Fsp3) is 0.500. The number of amides is 1. The summed E-state index contributed by atoms with van der Waals surface area (Å²) >= 11 is 0. The maximum Gasteiger partial charge on any atom is 0.241 e. The van der Waals surface area contributed by atoms with Crippen molar-refractivity contribution in [3.63, 3.8) is 0 Å². The van der Waals surface area contributed by atoms with Crippen LogP contribution in [0.25, 0.3) is 0 Å². The number of hydrogen-bond donors (Lipinski definition) is 2. The number of hydrogen-bond acceptors (Lipinski definition) is 5. The summed E-state index contributed by atoms with van der Waals surface area (Å²) in [7, 11) is 5.31. The van der Waals surface area contributed by atoms with Crippen LogP contribution in [-0.2, 0) is 11.8 Å². The molecular weight excluding hydrogens is 342 g/mol. The normalized spacial score (nSPS) is 16.9. The van der Waals surface area contributed by atoms with Crippen LogP contribution >= 0.6 is 0 Å². The van der Waals surface area contributed by atoms with Crippen LogP contribution in [0.1, 0.15) is 36.1 Å². The standard InChI is InChI=1S/C20H29N5O2/c1-21-19(16-12-23-24(2)14-16)20(26)22-13-18(25-10-4-5-11-25)15-6-8-17(27-3)9-7-15/h6-9,12,14,18-19,21H,4-5,10-11,13H2,1-3H3,(H,22,26). The van der Waals surface area contributed by atoms with Crippen LogP contribution < -0.4 is 15.4 Å². The summed E-state index contributed by atoms with van der Waals surface area (Å²) in [4.78, 5) is 15.2. The van der Waals surface area contributed by atoms with Crippen LogP contribution in [0, 0.1) is 0 Å². The quantitative estimate of drug-likeness (QED) is 0.738. The number of likely N-dealkylation sites (tertiary alicyclic amines) is 1. The van der Waals surface area contributed by atoms with Crippen molar-refractivity contribution in [2.45, 2.75) is 24.9 Å². The highest BCUT2D eigenvalue weighted by Gasteiger charge is 2.26. The van der Waals surface area contributed by atoms with Crippen LogP contribution in [0.3, 0.4) is 0 Å². The first kappa shape index (κ1) is 19.4. The van der Waals surface area contributed by atoms with Gasteiger partial charge in [0, 0.05) is 25.4 Å². The Balaban J connectivity index is 1.70. The molecule has 1 saturated heterocycles. The Labute approximate surface area is 160 Å². The lowest BCUT2D eigenvalue weighted by molar-refractivity contribution is -0.123. The van der Waals surface area contributed by atoms with Gasteiger partial charge in [0.1, 0.15) is 11.8 Å². The SMILES string of the molecule is CNC(C(=O)NCC(c1ccc(OC)cc1)N1CCCC1)c1cnn(C)c1. The third-order valence-electron chi connectivity index (χ3n) is 5.16. The summed E-state index contributed by atoms with van der Waals surface area (Å²) in [6, 6.07) is 7.89. The summed E-state index contributed by atoms with van der Waals surface area (Å²) in [6.45, 7) is 2.69. The van der Waals surface area contributed by atoms with Crippen molar-refractivity contribution in [3.8, 4) is 5.75 Å². The molecule has 0 bridgehead atoms. The molecule has 2 heterocycles. The zero-order chi connectivity index (χ0) is 19.2. The van der Waals surface area contributed by atoms with Gasteiger partial charge >= 0.3 is 0 Å². The Kier molecular flexibility index (Phi) is 6.47. The highest BCUT2D eigenvalue weighted by atomic mass is 16.5. The molecule has 7 heteroatoms. The molecule has 2 atom stereocenters. The molecule has 1 amide bonds. The van der Waals surface area contributed by atoms with Gasteiger partial charge in [-0.1, -0.05) is 12.1 Å². The number of methoxy groups -OCH3 is 1. The first-order chi connectivity index (χ1) is 13.1. The van der Waals surface area contributed by atoms with Gasteiger partial charge in [0.2, 0.25) is 5.91 Å². The van der Waals surface area contributed by atoms with Crippen LogP contribution in [0.4, 0.5) is 0 Å². The second-order valence-corrected chi connectivity index (χ2v) is 6.95. The maximum absolute atomic E-state index is 12.8. The van der Waals surface area contributed by atoms with E-state index in [1.807, 2.05) is 25.4 Å². The van der Waals surface area contributed by atoms with Gasteiger partial charge in [0.05, 0.1) is 19.3 Å². The minimum Gasteiger partial charge on any atom is -0.497 e. The molecule has 1 aromatic heterocycles. The van der Waals surface area contributed by atoms with Gasteiger partial charge in [0.15, 0.2) is 0 Å². The van der Waals surface area contributed by atoms with Crippen LogP contribution in [-0.4, -0.2) is 54.4 Å². The van der Waals surface area contributed by atoms with Gasteiger partial charge in [0.25, 0.3) is 0 Å². The Morgan fingerprint density at radius 3 is 2.48 bits per heavy atom. The van der Waals surface area contributed by atoms with Crippen molar-refractivity contribution >= 4 is 5.91 Å². The van der Waals surface area contributed by atoms with Gasteiger partial charge in [-0.25, -0.2) is 0 Å². The molecule has 0 aliphatic carbocycles. The lowest BCUT2D eigenvalue weighted by Crippen LogP contribution is -2.41. The van der Waals surface area contributed by atoms with E-state index in [4.69, 9.17) is 4.74 Å². The number of nitrogens with zero attached hydrogens (tertiary/aromatic N) is 3. The summed E-state index contributed by atoms with van der Waals surface area (Å²) in [6.07, 6.45) is 6.00. The zero-order valence-corrected chi connectivity index (χ0v) is 16.3. The molecule has 27 heavy (non-hydrogen) atoms. The van der Waals surface area contributed by atoms with E-state index in [1.54, 1.807) is 25.0 Å². The Morgan fingerprint density at radius 1 is 1.22 bits per heavy atom. The minimum atomic E-state index is -0.409. The molecule has 2 aromatic rings. The van der Waals surface area contributed by atoms with Crippen molar-refractivity contribution in [1.82, 2.24) is 25.3 Å². The van der Waals surface area contributed by atoms with Crippen molar-refractivity contribution in [3.05, 3.63) is 47.8 Å². The average molecular weight is 371 g/mol. The van der Waals surface area contributed by atoms with Crippen molar-refractivity contribution in [2.75, 3.05) is 33.8 Å². The van der Waals surface area contributed by atoms with E-state index >= 15 is 0 Å². The van der Waals surface area contributed by atoms with E-state index in [2.05, 4.69) is 32.8 Å². The first-order valence-corrected chi connectivity index (χ1v) is 9.44. The summed E-state index contributed by atoms with van der Waals surface area (Å²) < 4.78 is 6.98. The van der Waals surface area contributed by atoms with Crippen molar-refractivity contribution < 1.29 is 9.53 Å². The fourth-order valence-corrected chi connectivity index (χ4v) is 3.67. The highest BCUT2D eigenvalue weighted by molar-refractivity contribution is 5.83. The van der Waals surface area contributed by atoms with E-state index in [1.165, 1.54) is 18.4 Å². The molecule has 0 spiro atoms. The van der Waals surface area contributed by atoms with Gasteiger partial charge in [-0.3, -0.25) is 14.4 Å². The van der Waals surface area contributed by atoms with Gasteiger partial charge < -0.3 is 15.4 Å². The topological polar surface area (TPSA) is 71.4 Å². The van der Waals surface area contributed by atoms with Crippen LogP contribution in [0.15, 0.2) is 36.7 Å². The Bertz CT molecular complexity index is 737.